The fourth-order valence-corrected chi connectivity index (χ4v) is 5.83. The van der Waals surface area contributed by atoms with E-state index in [4.69, 9.17) is 21.1 Å². The minimum Gasteiger partial charge on any atom is -0.492 e. The van der Waals surface area contributed by atoms with Crippen LogP contribution in [0.4, 0.5) is 5.69 Å². The number of amides is 1. The number of benzene rings is 2. The van der Waals surface area contributed by atoms with Crippen LogP contribution in [-0.2, 0) is 11.3 Å². The van der Waals surface area contributed by atoms with Crippen molar-refractivity contribution in [1.29, 1.82) is 0 Å². The molecule has 0 atom stereocenters. The first-order valence-electron chi connectivity index (χ1n) is 15.0. The number of allylic oxidation sites excluding steroid dienone is 1. The van der Waals surface area contributed by atoms with E-state index in [1.807, 2.05) is 42.1 Å². The van der Waals surface area contributed by atoms with E-state index >= 15 is 0 Å². The van der Waals surface area contributed by atoms with E-state index < -0.39 is 0 Å². The Labute approximate surface area is 267 Å². The van der Waals surface area contributed by atoms with Crippen molar-refractivity contribution in [1.82, 2.24) is 4.90 Å². The number of anilines is 1. The highest BCUT2D eigenvalue weighted by Gasteiger charge is 2.12. The van der Waals surface area contributed by atoms with Crippen molar-refractivity contribution >= 4 is 51.9 Å². The molecule has 2 aromatic carbocycles. The molecule has 1 N–H and O–H groups in total. The molecule has 1 amide bonds. The van der Waals surface area contributed by atoms with Crippen molar-refractivity contribution < 1.29 is 14.3 Å². The van der Waals surface area contributed by atoms with Gasteiger partial charge in [-0.1, -0.05) is 101 Å². The van der Waals surface area contributed by atoms with Gasteiger partial charge in [0.25, 0.3) is 5.91 Å². The number of hydrogen-bond acceptors (Lipinski definition) is 5. The van der Waals surface area contributed by atoms with Crippen LogP contribution < -0.4 is 14.8 Å². The van der Waals surface area contributed by atoms with Crippen LogP contribution in [0.2, 0.25) is 5.02 Å². The fraction of sp³-hybridized carbons (Fsp3) is 0.545. The molecule has 0 unspecified atom stereocenters. The van der Waals surface area contributed by atoms with E-state index in [0.29, 0.717) is 23.1 Å². The molecule has 3 rings (SSSR count). The summed E-state index contributed by atoms with van der Waals surface area (Å²) >= 11 is 8.21. The molecule has 41 heavy (non-hydrogen) atoms. The smallest absolute Gasteiger partial charge is 0.262 e. The van der Waals surface area contributed by atoms with Crippen LogP contribution in [0.25, 0.3) is 0 Å². The van der Waals surface area contributed by atoms with Crippen LogP contribution in [0.15, 0.2) is 53.6 Å². The zero-order chi connectivity index (χ0) is 28.4. The average Bonchev–Trinajstić information content (AvgIpc) is 3.36. The lowest BCUT2D eigenvalue weighted by Crippen LogP contribution is -2.20. The van der Waals surface area contributed by atoms with Crippen molar-refractivity contribution in [3.63, 3.8) is 0 Å². The van der Waals surface area contributed by atoms with E-state index in [1.165, 1.54) is 81.9 Å². The molecule has 0 spiro atoms. The number of nitrogens with zero attached hydrogens (tertiary/aromatic N) is 1. The largest absolute Gasteiger partial charge is 0.492 e. The Kier molecular flexibility index (Phi) is 18.1. The minimum absolute atomic E-state index is 0. The summed E-state index contributed by atoms with van der Waals surface area (Å²) in [7, 11) is 0. The summed E-state index contributed by atoms with van der Waals surface area (Å²) in [5, 5.41) is 5.56. The zero-order valence-corrected chi connectivity index (χ0v) is 28.1. The molecule has 0 saturated carbocycles. The van der Waals surface area contributed by atoms with Crippen LogP contribution in [0, 0.1) is 0 Å². The Morgan fingerprint density at radius 1 is 0.902 bits per heavy atom. The number of thioether (sulfide) groups is 1. The van der Waals surface area contributed by atoms with Gasteiger partial charge in [0.05, 0.1) is 17.5 Å². The third-order valence-electron chi connectivity index (χ3n) is 7.12. The second kappa shape index (κ2) is 21.0. The van der Waals surface area contributed by atoms with Crippen molar-refractivity contribution in [2.75, 3.05) is 24.4 Å². The number of ether oxygens (including phenoxy) is 2. The van der Waals surface area contributed by atoms with Gasteiger partial charge in [-0.3, -0.25) is 4.79 Å². The first-order chi connectivity index (χ1) is 19.5. The number of halogens is 2. The topological polar surface area (TPSA) is 50.8 Å². The highest BCUT2D eigenvalue weighted by molar-refractivity contribution is 8.93. The second-order valence-electron chi connectivity index (χ2n) is 10.6. The van der Waals surface area contributed by atoms with Gasteiger partial charge in [-0.25, -0.2) is 0 Å². The van der Waals surface area contributed by atoms with Gasteiger partial charge in [0.15, 0.2) is 6.61 Å². The molecule has 0 fully saturated rings. The Morgan fingerprint density at radius 3 is 2.12 bits per heavy atom. The van der Waals surface area contributed by atoms with Crippen molar-refractivity contribution in [3.05, 3.63) is 64.2 Å². The molecular formula is C33H48BrClN2O3S. The summed E-state index contributed by atoms with van der Waals surface area (Å²) in [5.41, 5.74) is 3.25. The van der Waals surface area contributed by atoms with E-state index in [2.05, 4.69) is 29.5 Å². The van der Waals surface area contributed by atoms with Gasteiger partial charge in [-0.15, -0.1) is 28.7 Å². The number of rotatable bonds is 20. The molecule has 228 valence electrons. The number of hydrogen-bond donors (Lipinski definition) is 1. The second-order valence-corrected chi connectivity index (χ2v) is 11.9. The minimum atomic E-state index is -0.217. The van der Waals surface area contributed by atoms with Crippen LogP contribution in [0.1, 0.15) is 96.5 Å². The summed E-state index contributed by atoms with van der Waals surface area (Å²) < 4.78 is 11.5. The third kappa shape index (κ3) is 14.3. The number of nitrogens with one attached hydrogen (secondary N) is 1. The molecule has 0 aliphatic carbocycles. The Hall–Kier alpha value is -1.83. The summed E-state index contributed by atoms with van der Waals surface area (Å²) in [6.45, 7) is 5.83. The standard InChI is InChI=1S/C33H47ClN2O3S.BrH/c1-3-4-5-6-7-8-9-10-11-12-13-14-21-38-32-20-19-30(22-31(32)34)39-24-33(37)35-29-17-15-28(16-18-29)23-36-26-40-25-27(36)2;/h15-20,22,25H,3-14,21,23-24,26H2,1-2H3,(H,35,37);1H. The fourth-order valence-electron chi connectivity index (χ4n) is 4.67. The van der Waals surface area contributed by atoms with Crippen LogP contribution >= 0.6 is 40.3 Å². The monoisotopic (exact) mass is 666 g/mol. The van der Waals surface area contributed by atoms with Gasteiger partial charge in [0, 0.05) is 24.0 Å². The van der Waals surface area contributed by atoms with Crippen LogP contribution in [0.5, 0.6) is 11.5 Å². The molecule has 1 aliphatic heterocycles. The summed E-state index contributed by atoms with van der Waals surface area (Å²) in [5.74, 6) is 1.96. The highest BCUT2D eigenvalue weighted by Crippen LogP contribution is 2.29. The molecule has 0 bridgehead atoms. The molecule has 2 aromatic rings. The van der Waals surface area contributed by atoms with Crippen molar-refractivity contribution in [3.8, 4) is 11.5 Å². The molecule has 0 radical (unpaired) electrons. The quantitative estimate of drug-likeness (QED) is 0.142. The summed E-state index contributed by atoms with van der Waals surface area (Å²) in [6, 6.07) is 13.2. The molecule has 0 aromatic heterocycles. The maximum Gasteiger partial charge on any atom is 0.262 e. The van der Waals surface area contributed by atoms with Gasteiger partial charge in [0.2, 0.25) is 0 Å². The maximum atomic E-state index is 12.4. The molecule has 5 nitrogen and oxygen atoms in total. The van der Waals surface area contributed by atoms with Gasteiger partial charge < -0.3 is 19.7 Å². The highest BCUT2D eigenvalue weighted by atomic mass is 79.9. The zero-order valence-electron chi connectivity index (χ0n) is 24.8. The average molecular weight is 668 g/mol. The summed E-state index contributed by atoms with van der Waals surface area (Å²) in [6.07, 6.45) is 15.8. The van der Waals surface area contributed by atoms with Crippen molar-refractivity contribution in [2.24, 2.45) is 0 Å². The molecule has 1 aliphatic rings. The lowest BCUT2D eigenvalue weighted by molar-refractivity contribution is -0.118. The van der Waals surface area contributed by atoms with E-state index in [1.54, 1.807) is 12.1 Å². The van der Waals surface area contributed by atoms with E-state index in [9.17, 15) is 4.79 Å². The number of carbonyl (C=O) groups is 1. The molecular weight excluding hydrogens is 620 g/mol. The third-order valence-corrected chi connectivity index (χ3v) is 8.39. The van der Waals surface area contributed by atoms with Crippen LogP contribution in [-0.4, -0.2) is 29.9 Å². The molecule has 0 saturated heterocycles. The van der Waals surface area contributed by atoms with Gasteiger partial charge >= 0.3 is 0 Å². The Balaban J connectivity index is 0.00000588. The lowest BCUT2D eigenvalue weighted by atomic mass is 10.1. The van der Waals surface area contributed by atoms with E-state index in [0.717, 1.165) is 24.5 Å². The normalized spacial score (nSPS) is 12.6. The van der Waals surface area contributed by atoms with Gasteiger partial charge in [0.1, 0.15) is 11.5 Å². The Morgan fingerprint density at radius 2 is 1.54 bits per heavy atom. The number of carbonyl (C=O) groups excluding carboxylic acids is 1. The van der Waals surface area contributed by atoms with E-state index in [-0.39, 0.29) is 29.5 Å². The Bertz CT molecular complexity index is 1050. The summed E-state index contributed by atoms with van der Waals surface area (Å²) in [4.78, 5) is 14.7. The SMILES string of the molecule is Br.CCCCCCCCCCCCCCOc1ccc(OCC(=O)Nc2ccc(CN3CSC=C3C)cc2)cc1Cl. The van der Waals surface area contributed by atoms with Crippen LogP contribution in [0.3, 0.4) is 0 Å². The lowest BCUT2D eigenvalue weighted by Gasteiger charge is -2.19. The molecule has 8 heteroatoms. The predicted octanol–water partition coefficient (Wildman–Crippen LogP) is 10.4. The first-order valence-corrected chi connectivity index (χ1v) is 16.4. The number of unbranched alkanes of at least 4 members (excludes halogenated alkanes) is 11. The predicted molar refractivity (Wildman–Crippen MR) is 181 cm³/mol. The maximum absolute atomic E-state index is 12.4. The molecule has 1 heterocycles. The van der Waals surface area contributed by atoms with Gasteiger partial charge in [-0.05, 0) is 48.6 Å². The first kappa shape index (κ1) is 35.4. The van der Waals surface area contributed by atoms with Gasteiger partial charge in [-0.2, -0.15) is 0 Å². The van der Waals surface area contributed by atoms with Crippen molar-refractivity contribution in [2.45, 2.75) is 97.4 Å².